The highest BCUT2D eigenvalue weighted by Crippen LogP contribution is 2.42. The molecule has 2 heteroatoms. The van der Waals surface area contributed by atoms with Crippen LogP contribution in [0.25, 0.3) is 0 Å². The first-order valence-electron chi connectivity index (χ1n) is 5.02. The number of rotatable bonds is 2. The van der Waals surface area contributed by atoms with Crippen LogP contribution in [0.1, 0.15) is 55.5 Å². The van der Waals surface area contributed by atoms with Crippen molar-refractivity contribution >= 4 is 0 Å². The van der Waals surface area contributed by atoms with E-state index in [9.17, 15) is 0 Å². The third kappa shape index (κ3) is 1.71. The Hall–Kier alpha value is -0.920. The quantitative estimate of drug-likeness (QED) is 0.692. The van der Waals surface area contributed by atoms with Crippen LogP contribution in [-0.2, 0) is 0 Å². The maximum Gasteiger partial charge on any atom is 0.0691 e. The minimum Gasteiger partial charge on any atom is -0.156 e. The van der Waals surface area contributed by atoms with Crippen LogP contribution in [0.2, 0.25) is 0 Å². The van der Waals surface area contributed by atoms with Gasteiger partial charge in [-0.1, -0.05) is 13.8 Å². The number of nitrogens with zero attached hydrogens (tertiary/aromatic N) is 2. The molecule has 0 radical (unpaired) electrons. The summed E-state index contributed by atoms with van der Waals surface area (Å²) in [7, 11) is 0. The van der Waals surface area contributed by atoms with Gasteiger partial charge in [0.15, 0.2) is 0 Å². The molecule has 1 heterocycles. The Balaban J connectivity index is 2.42. The van der Waals surface area contributed by atoms with Gasteiger partial charge < -0.3 is 0 Å². The second kappa shape index (κ2) is 3.09. The van der Waals surface area contributed by atoms with Gasteiger partial charge in [0.05, 0.1) is 11.4 Å². The maximum absolute atomic E-state index is 4.29. The number of hydrogen-bond donors (Lipinski definition) is 0. The van der Waals surface area contributed by atoms with Crippen molar-refractivity contribution in [1.82, 2.24) is 10.2 Å². The monoisotopic (exact) mass is 176 g/mol. The lowest BCUT2D eigenvalue weighted by Crippen LogP contribution is -2.02. The predicted octanol–water partition coefficient (Wildman–Crippen LogP) is 2.79. The van der Waals surface area contributed by atoms with Crippen LogP contribution >= 0.6 is 0 Å². The molecular weight excluding hydrogens is 160 g/mol. The zero-order valence-electron chi connectivity index (χ0n) is 8.54. The normalized spacial score (nSPS) is 16.6. The van der Waals surface area contributed by atoms with Crippen LogP contribution in [0, 0.1) is 6.92 Å². The Morgan fingerprint density at radius 1 is 1.31 bits per heavy atom. The van der Waals surface area contributed by atoms with E-state index in [4.69, 9.17) is 0 Å². The third-order valence-corrected chi connectivity index (χ3v) is 2.54. The first kappa shape index (κ1) is 8.67. The highest BCUT2D eigenvalue weighted by molar-refractivity contribution is 5.30. The maximum atomic E-state index is 4.29. The van der Waals surface area contributed by atoms with Crippen LogP contribution < -0.4 is 0 Å². The summed E-state index contributed by atoms with van der Waals surface area (Å²) in [6, 6.07) is 2.21. The summed E-state index contributed by atoms with van der Waals surface area (Å²) < 4.78 is 0. The van der Waals surface area contributed by atoms with Gasteiger partial charge >= 0.3 is 0 Å². The Kier molecular flexibility index (Phi) is 2.06. The third-order valence-electron chi connectivity index (χ3n) is 2.54. The lowest BCUT2D eigenvalue weighted by atomic mass is 10.0. The Bertz CT molecular complexity index is 314. The van der Waals surface area contributed by atoms with Crippen molar-refractivity contribution in [2.75, 3.05) is 0 Å². The van der Waals surface area contributed by atoms with Crippen LogP contribution in [0.4, 0.5) is 0 Å². The molecule has 2 rings (SSSR count). The van der Waals surface area contributed by atoms with E-state index in [-0.39, 0.29) is 0 Å². The van der Waals surface area contributed by atoms with Gasteiger partial charge in [0.2, 0.25) is 0 Å². The molecule has 0 atom stereocenters. The van der Waals surface area contributed by atoms with E-state index in [1.54, 1.807) is 0 Å². The summed E-state index contributed by atoms with van der Waals surface area (Å²) in [6.07, 6.45) is 2.68. The van der Waals surface area contributed by atoms with Gasteiger partial charge in [0, 0.05) is 0 Å². The van der Waals surface area contributed by atoms with E-state index in [1.807, 2.05) is 6.92 Å². The van der Waals surface area contributed by atoms with E-state index in [0.29, 0.717) is 5.92 Å². The van der Waals surface area contributed by atoms with Gasteiger partial charge in [-0.2, -0.15) is 10.2 Å². The molecule has 0 unspecified atom stereocenters. The van der Waals surface area contributed by atoms with Crippen molar-refractivity contribution in [2.24, 2.45) is 0 Å². The zero-order valence-corrected chi connectivity index (χ0v) is 8.54. The number of aryl methyl sites for hydroxylation is 1. The molecule has 0 aliphatic heterocycles. The van der Waals surface area contributed by atoms with Crippen molar-refractivity contribution in [3.05, 3.63) is 23.0 Å². The second-order valence-corrected chi connectivity index (χ2v) is 4.26. The fraction of sp³-hybridized carbons (Fsp3) is 0.636. The van der Waals surface area contributed by atoms with E-state index in [1.165, 1.54) is 24.1 Å². The summed E-state index contributed by atoms with van der Waals surface area (Å²) in [5.41, 5.74) is 3.70. The van der Waals surface area contributed by atoms with E-state index in [0.717, 1.165) is 11.6 Å². The molecule has 0 N–H and O–H groups in total. The van der Waals surface area contributed by atoms with Crippen LogP contribution in [0.3, 0.4) is 0 Å². The lowest BCUT2D eigenvalue weighted by Gasteiger charge is -2.10. The van der Waals surface area contributed by atoms with Crippen LogP contribution in [0.5, 0.6) is 0 Å². The van der Waals surface area contributed by atoms with Crippen molar-refractivity contribution in [1.29, 1.82) is 0 Å². The van der Waals surface area contributed by atoms with Crippen molar-refractivity contribution in [3.63, 3.8) is 0 Å². The summed E-state index contributed by atoms with van der Waals surface area (Å²) in [5.74, 6) is 1.29. The van der Waals surface area contributed by atoms with Gasteiger partial charge in [-0.05, 0) is 43.2 Å². The van der Waals surface area contributed by atoms with Gasteiger partial charge in [-0.3, -0.25) is 0 Å². The summed E-state index contributed by atoms with van der Waals surface area (Å²) in [6.45, 7) is 6.39. The van der Waals surface area contributed by atoms with Crippen molar-refractivity contribution in [3.8, 4) is 0 Å². The molecule has 1 fully saturated rings. The molecule has 13 heavy (non-hydrogen) atoms. The molecule has 1 saturated carbocycles. The molecule has 0 spiro atoms. The Morgan fingerprint density at radius 3 is 2.54 bits per heavy atom. The standard InChI is InChI=1S/C11H16N2/c1-7(2)11-10(9-4-5-9)6-8(3)12-13-11/h6-7,9H,4-5H2,1-3H3. The smallest absolute Gasteiger partial charge is 0.0691 e. The summed E-state index contributed by atoms with van der Waals surface area (Å²) in [5, 5.41) is 8.41. The summed E-state index contributed by atoms with van der Waals surface area (Å²) >= 11 is 0. The van der Waals surface area contributed by atoms with E-state index >= 15 is 0 Å². The number of hydrogen-bond acceptors (Lipinski definition) is 2. The second-order valence-electron chi connectivity index (χ2n) is 4.26. The Morgan fingerprint density at radius 2 is 2.00 bits per heavy atom. The van der Waals surface area contributed by atoms with E-state index < -0.39 is 0 Å². The summed E-state index contributed by atoms with van der Waals surface area (Å²) in [4.78, 5) is 0. The molecule has 1 aromatic rings. The predicted molar refractivity (Wildman–Crippen MR) is 52.8 cm³/mol. The molecule has 0 amide bonds. The molecule has 1 aliphatic rings. The van der Waals surface area contributed by atoms with Crippen LogP contribution in [-0.4, -0.2) is 10.2 Å². The SMILES string of the molecule is Cc1cc(C2CC2)c(C(C)C)nn1. The minimum atomic E-state index is 0.503. The van der Waals surface area contributed by atoms with Crippen molar-refractivity contribution < 1.29 is 0 Å². The van der Waals surface area contributed by atoms with Crippen LogP contribution in [0.15, 0.2) is 6.07 Å². The highest BCUT2D eigenvalue weighted by Gasteiger charge is 2.27. The van der Waals surface area contributed by atoms with Gasteiger partial charge in [0.25, 0.3) is 0 Å². The lowest BCUT2D eigenvalue weighted by molar-refractivity contribution is 0.752. The van der Waals surface area contributed by atoms with E-state index in [2.05, 4.69) is 30.1 Å². The molecule has 0 aromatic carbocycles. The fourth-order valence-electron chi connectivity index (χ4n) is 1.69. The average Bonchev–Trinajstić information content (AvgIpc) is 2.85. The topological polar surface area (TPSA) is 25.8 Å². The molecule has 1 aliphatic carbocycles. The molecule has 70 valence electrons. The van der Waals surface area contributed by atoms with Gasteiger partial charge in [0.1, 0.15) is 0 Å². The fourth-order valence-corrected chi connectivity index (χ4v) is 1.69. The molecular formula is C11H16N2. The molecule has 1 aromatic heterocycles. The largest absolute Gasteiger partial charge is 0.156 e. The minimum absolute atomic E-state index is 0.503. The average molecular weight is 176 g/mol. The first-order chi connectivity index (χ1) is 6.18. The Labute approximate surface area is 79.4 Å². The number of aromatic nitrogens is 2. The molecule has 0 saturated heterocycles. The van der Waals surface area contributed by atoms with Gasteiger partial charge in [-0.15, -0.1) is 0 Å². The highest BCUT2D eigenvalue weighted by atomic mass is 15.1. The van der Waals surface area contributed by atoms with Crippen molar-refractivity contribution in [2.45, 2.75) is 45.4 Å². The first-order valence-corrected chi connectivity index (χ1v) is 5.02. The molecule has 0 bridgehead atoms. The molecule has 2 nitrogen and oxygen atoms in total. The van der Waals surface area contributed by atoms with Gasteiger partial charge in [-0.25, -0.2) is 0 Å². The zero-order chi connectivity index (χ0) is 9.42.